The Morgan fingerprint density at radius 3 is 2.71 bits per heavy atom. The number of rotatable bonds is 11. The average Bonchev–Trinajstić information content (AvgIpc) is 3.51. The van der Waals surface area contributed by atoms with E-state index in [4.69, 9.17) is 14.2 Å². The van der Waals surface area contributed by atoms with Crippen molar-refractivity contribution in [3.05, 3.63) is 12.7 Å². The molecule has 4 rings (SSSR count). The van der Waals surface area contributed by atoms with Gasteiger partial charge in [0, 0.05) is 32.7 Å². The molecule has 0 unspecified atom stereocenters. The fourth-order valence-electron chi connectivity index (χ4n) is 6.39. The molecule has 0 aromatic heterocycles. The molecule has 0 aliphatic carbocycles. The molecule has 2 bridgehead atoms. The van der Waals surface area contributed by atoms with Crippen molar-refractivity contribution in [3.63, 3.8) is 0 Å². The average molecular weight is 494 g/mol. The summed E-state index contributed by atoms with van der Waals surface area (Å²) in [4.78, 5) is 46.4. The molecular formula is C25H39N3O7. The normalized spacial score (nSPS) is 33.0. The lowest BCUT2D eigenvalue weighted by atomic mass is 9.70. The van der Waals surface area contributed by atoms with Gasteiger partial charge in [0.05, 0.1) is 50.4 Å². The van der Waals surface area contributed by atoms with E-state index in [9.17, 15) is 19.5 Å². The third-order valence-corrected chi connectivity index (χ3v) is 8.06. The van der Waals surface area contributed by atoms with Crippen LogP contribution in [-0.4, -0.2) is 121 Å². The number of aliphatic hydroxyl groups excluding tert-OH is 1. The van der Waals surface area contributed by atoms with E-state index in [1.165, 1.54) is 4.90 Å². The van der Waals surface area contributed by atoms with Crippen molar-refractivity contribution < 1.29 is 33.7 Å². The summed E-state index contributed by atoms with van der Waals surface area (Å²) < 4.78 is 17.1. The number of hydrogen-bond donors (Lipinski definition) is 1. The molecule has 4 fully saturated rings. The van der Waals surface area contributed by atoms with E-state index < -0.39 is 41.6 Å². The minimum Gasteiger partial charge on any atom is -0.466 e. The number of carbonyl (C=O) groups is 3. The fourth-order valence-corrected chi connectivity index (χ4v) is 6.39. The lowest BCUT2D eigenvalue weighted by Gasteiger charge is -2.39. The fraction of sp³-hybridized carbons (Fsp3) is 0.800. The minimum atomic E-state index is -1.09. The van der Waals surface area contributed by atoms with Crippen LogP contribution in [0.15, 0.2) is 12.7 Å². The molecule has 4 saturated heterocycles. The Kier molecular flexibility index (Phi) is 8.15. The molecule has 4 aliphatic heterocycles. The summed E-state index contributed by atoms with van der Waals surface area (Å²) >= 11 is 0. The topological polar surface area (TPSA) is 109 Å². The molecule has 0 aromatic carbocycles. The van der Waals surface area contributed by atoms with E-state index in [1.54, 1.807) is 17.9 Å². The van der Waals surface area contributed by atoms with Crippen molar-refractivity contribution in [1.29, 1.82) is 0 Å². The number of ether oxygens (including phenoxy) is 3. The Labute approximate surface area is 207 Å². The number of carbonyl (C=O) groups excluding carboxylic acids is 3. The van der Waals surface area contributed by atoms with E-state index in [2.05, 4.69) is 11.5 Å². The van der Waals surface area contributed by atoms with Crippen LogP contribution in [0, 0.1) is 11.8 Å². The predicted octanol–water partition coefficient (Wildman–Crippen LogP) is 0.0418. The molecule has 4 aliphatic rings. The van der Waals surface area contributed by atoms with Crippen LogP contribution in [0.1, 0.15) is 33.1 Å². The van der Waals surface area contributed by atoms with Gasteiger partial charge in [0.15, 0.2) is 0 Å². The molecule has 2 amide bonds. The highest BCUT2D eigenvalue weighted by atomic mass is 16.6. The molecule has 1 N–H and O–H groups in total. The van der Waals surface area contributed by atoms with Crippen LogP contribution in [0.4, 0.5) is 0 Å². The van der Waals surface area contributed by atoms with Crippen LogP contribution in [0.25, 0.3) is 0 Å². The molecular weight excluding hydrogens is 454 g/mol. The number of esters is 1. The molecule has 35 heavy (non-hydrogen) atoms. The second kappa shape index (κ2) is 10.9. The van der Waals surface area contributed by atoms with Gasteiger partial charge in [-0.1, -0.05) is 13.0 Å². The summed E-state index contributed by atoms with van der Waals surface area (Å²) in [7, 11) is 0. The van der Waals surface area contributed by atoms with Gasteiger partial charge in [-0.2, -0.15) is 0 Å². The first-order chi connectivity index (χ1) is 16.9. The predicted molar refractivity (Wildman–Crippen MR) is 126 cm³/mol. The van der Waals surface area contributed by atoms with E-state index in [1.807, 2.05) is 6.92 Å². The standard InChI is InChI=1S/C25H39N3O7/c1-4-9-27(11-10-26-12-14-33-15-13-26)23(31)21-25-8-7-18(35-25)19(24(32)34-6-3)20(25)22(30)28(21)17(5-2)16-29/h4,17-21,29H,1,5-16H2,2-3H3/t17-,18-,19+,20+,21-,25+/m0/s1. The zero-order valence-electron chi connectivity index (χ0n) is 20.9. The van der Waals surface area contributed by atoms with Gasteiger partial charge in [0.1, 0.15) is 11.6 Å². The van der Waals surface area contributed by atoms with Gasteiger partial charge in [-0.3, -0.25) is 19.3 Å². The molecule has 0 radical (unpaired) electrons. The van der Waals surface area contributed by atoms with Gasteiger partial charge in [-0.05, 0) is 26.2 Å². The Bertz CT molecular complexity index is 813. The molecule has 196 valence electrons. The zero-order chi connectivity index (χ0) is 25.2. The van der Waals surface area contributed by atoms with Gasteiger partial charge in [-0.15, -0.1) is 6.58 Å². The Morgan fingerprint density at radius 1 is 1.34 bits per heavy atom. The van der Waals surface area contributed by atoms with E-state index in [0.717, 1.165) is 13.1 Å². The van der Waals surface area contributed by atoms with Crippen LogP contribution < -0.4 is 0 Å². The number of morpholine rings is 1. The summed E-state index contributed by atoms with van der Waals surface area (Å²) in [5.74, 6) is -2.46. The number of amides is 2. The van der Waals surface area contributed by atoms with E-state index >= 15 is 0 Å². The number of fused-ring (bicyclic) bond motifs is 1. The third-order valence-electron chi connectivity index (χ3n) is 8.06. The molecule has 6 atom stereocenters. The largest absolute Gasteiger partial charge is 0.466 e. The SMILES string of the molecule is C=CCN(CCN1CCOCC1)C(=O)[C@@H]1N([C@@H](CC)CO)C(=O)[C@H]2[C@H](C(=O)OCC)[C@@H]3CC[C@]12O3. The van der Waals surface area contributed by atoms with Crippen molar-refractivity contribution in [2.45, 2.75) is 56.9 Å². The van der Waals surface area contributed by atoms with Crippen LogP contribution in [0.3, 0.4) is 0 Å². The second-order valence-electron chi connectivity index (χ2n) is 9.83. The third kappa shape index (κ3) is 4.50. The molecule has 4 heterocycles. The smallest absolute Gasteiger partial charge is 0.312 e. The summed E-state index contributed by atoms with van der Waals surface area (Å²) in [5, 5.41) is 10.1. The van der Waals surface area contributed by atoms with E-state index in [-0.39, 0.29) is 25.0 Å². The monoisotopic (exact) mass is 493 g/mol. The summed E-state index contributed by atoms with van der Waals surface area (Å²) in [6.45, 7) is 11.9. The first-order valence-electron chi connectivity index (χ1n) is 12.9. The molecule has 10 nitrogen and oxygen atoms in total. The first kappa shape index (κ1) is 26.1. The molecule has 0 aromatic rings. The van der Waals surface area contributed by atoms with Crippen LogP contribution in [-0.2, 0) is 28.6 Å². The number of aliphatic hydroxyl groups is 1. The number of nitrogens with zero attached hydrogens (tertiary/aromatic N) is 3. The van der Waals surface area contributed by atoms with Gasteiger partial charge >= 0.3 is 5.97 Å². The maximum Gasteiger partial charge on any atom is 0.312 e. The highest BCUT2D eigenvalue weighted by Crippen LogP contribution is 2.59. The Morgan fingerprint density at radius 2 is 2.09 bits per heavy atom. The van der Waals surface area contributed by atoms with Crippen molar-refractivity contribution in [2.24, 2.45) is 11.8 Å². The van der Waals surface area contributed by atoms with Crippen LogP contribution in [0.5, 0.6) is 0 Å². The zero-order valence-corrected chi connectivity index (χ0v) is 20.9. The second-order valence-corrected chi connectivity index (χ2v) is 9.83. The Hall–Kier alpha value is -2.01. The highest BCUT2D eigenvalue weighted by molar-refractivity contribution is 5.98. The maximum atomic E-state index is 14.2. The minimum absolute atomic E-state index is 0.213. The van der Waals surface area contributed by atoms with Gasteiger partial charge < -0.3 is 29.1 Å². The number of hydrogen-bond acceptors (Lipinski definition) is 8. The molecule has 10 heteroatoms. The summed E-state index contributed by atoms with van der Waals surface area (Å²) in [5.41, 5.74) is -1.09. The van der Waals surface area contributed by atoms with Crippen molar-refractivity contribution >= 4 is 17.8 Å². The lowest BCUT2D eigenvalue weighted by molar-refractivity contribution is -0.156. The maximum absolute atomic E-state index is 14.2. The summed E-state index contributed by atoms with van der Waals surface area (Å²) in [6.07, 6.45) is 2.85. The van der Waals surface area contributed by atoms with Crippen molar-refractivity contribution in [1.82, 2.24) is 14.7 Å². The van der Waals surface area contributed by atoms with E-state index in [0.29, 0.717) is 52.1 Å². The summed E-state index contributed by atoms with van der Waals surface area (Å²) in [6, 6.07) is -1.43. The number of likely N-dealkylation sites (tertiary alicyclic amines) is 1. The van der Waals surface area contributed by atoms with Crippen LogP contribution >= 0.6 is 0 Å². The molecule has 0 saturated carbocycles. The van der Waals surface area contributed by atoms with Crippen molar-refractivity contribution in [2.75, 3.05) is 59.2 Å². The van der Waals surface area contributed by atoms with Crippen LogP contribution in [0.2, 0.25) is 0 Å². The molecule has 1 spiro atoms. The van der Waals surface area contributed by atoms with Gasteiger partial charge in [0.25, 0.3) is 0 Å². The quantitative estimate of drug-likeness (QED) is 0.318. The Balaban J connectivity index is 1.65. The van der Waals surface area contributed by atoms with Gasteiger partial charge in [0.2, 0.25) is 11.8 Å². The van der Waals surface area contributed by atoms with Gasteiger partial charge in [-0.25, -0.2) is 0 Å². The highest BCUT2D eigenvalue weighted by Gasteiger charge is 2.75. The van der Waals surface area contributed by atoms with Crippen molar-refractivity contribution in [3.8, 4) is 0 Å². The first-order valence-corrected chi connectivity index (χ1v) is 12.9. The lowest BCUT2D eigenvalue weighted by Crippen LogP contribution is -2.59.